The third-order valence-corrected chi connectivity index (χ3v) is 3.08. The van der Waals surface area contributed by atoms with Crippen molar-refractivity contribution in [2.75, 3.05) is 5.32 Å². The van der Waals surface area contributed by atoms with Gasteiger partial charge in [-0.2, -0.15) is 0 Å². The van der Waals surface area contributed by atoms with E-state index in [1.165, 1.54) is 5.56 Å². The first-order valence-electron chi connectivity index (χ1n) is 6.26. The molecule has 3 aromatic rings. The zero-order valence-electron chi connectivity index (χ0n) is 10.9. The monoisotopic (exact) mass is 273 g/mol. The van der Waals surface area contributed by atoms with E-state index < -0.39 is 11.6 Å². The highest BCUT2D eigenvalue weighted by Crippen LogP contribution is 2.17. The van der Waals surface area contributed by atoms with Crippen LogP contribution in [0.3, 0.4) is 0 Å². The predicted octanol–water partition coefficient (Wildman–Crippen LogP) is 3.76. The molecule has 0 saturated heterocycles. The van der Waals surface area contributed by atoms with Gasteiger partial charge in [0.25, 0.3) is 0 Å². The van der Waals surface area contributed by atoms with Crippen LogP contribution in [0.4, 0.5) is 14.5 Å². The number of hydrogen-bond donors (Lipinski definition) is 2. The molecule has 0 spiro atoms. The summed E-state index contributed by atoms with van der Waals surface area (Å²) in [5.41, 5.74) is 3.06. The van der Waals surface area contributed by atoms with Gasteiger partial charge in [-0.05, 0) is 19.1 Å². The molecule has 0 aliphatic rings. The molecule has 1 heterocycles. The fourth-order valence-corrected chi connectivity index (χ4v) is 2.00. The van der Waals surface area contributed by atoms with Gasteiger partial charge < -0.3 is 10.3 Å². The SMILES string of the molecule is Cc1ccc(NCc2nc3cc(F)c(F)cc3[nH]2)cc1. The van der Waals surface area contributed by atoms with Gasteiger partial charge in [0.05, 0.1) is 17.6 Å². The molecule has 2 N–H and O–H groups in total. The van der Waals surface area contributed by atoms with Gasteiger partial charge in [0.1, 0.15) is 5.82 Å². The number of rotatable bonds is 3. The number of nitrogens with zero attached hydrogens (tertiary/aromatic N) is 1. The average molecular weight is 273 g/mol. The van der Waals surface area contributed by atoms with Crippen LogP contribution >= 0.6 is 0 Å². The van der Waals surface area contributed by atoms with E-state index in [2.05, 4.69) is 15.3 Å². The number of aryl methyl sites for hydroxylation is 1. The van der Waals surface area contributed by atoms with Gasteiger partial charge >= 0.3 is 0 Å². The van der Waals surface area contributed by atoms with Crippen LogP contribution in [0, 0.1) is 18.6 Å². The molecular weight excluding hydrogens is 260 g/mol. The number of halogens is 2. The van der Waals surface area contributed by atoms with E-state index in [4.69, 9.17) is 0 Å². The van der Waals surface area contributed by atoms with Crippen LogP contribution in [-0.2, 0) is 6.54 Å². The third-order valence-electron chi connectivity index (χ3n) is 3.08. The van der Waals surface area contributed by atoms with E-state index >= 15 is 0 Å². The summed E-state index contributed by atoms with van der Waals surface area (Å²) in [6.45, 7) is 2.48. The van der Waals surface area contributed by atoms with Crippen LogP contribution in [0.5, 0.6) is 0 Å². The number of aromatic nitrogens is 2. The number of fused-ring (bicyclic) bond motifs is 1. The first-order valence-corrected chi connectivity index (χ1v) is 6.26. The molecule has 0 atom stereocenters. The third kappa shape index (κ3) is 2.47. The van der Waals surface area contributed by atoms with Crippen molar-refractivity contribution in [3.8, 4) is 0 Å². The van der Waals surface area contributed by atoms with Crippen LogP contribution in [0.2, 0.25) is 0 Å². The molecule has 3 nitrogen and oxygen atoms in total. The van der Waals surface area contributed by atoms with Gasteiger partial charge in [-0.1, -0.05) is 17.7 Å². The smallest absolute Gasteiger partial charge is 0.161 e. The molecule has 0 fully saturated rings. The van der Waals surface area contributed by atoms with Gasteiger partial charge in [-0.15, -0.1) is 0 Å². The number of hydrogen-bond acceptors (Lipinski definition) is 2. The van der Waals surface area contributed by atoms with E-state index in [0.29, 0.717) is 23.4 Å². The first-order chi connectivity index (χ1) is 9.61. The molecule has 0 amide bonds. The number of H-pyrrole nitrogens is 1. The number of benzene rings is 2. The molecule has 0 saturated carbocycles. The summed E-state index contributed by atoms with van der Waals surface area (Å²) in [6.07, 6.45) is 0. The van der Waals surface area contributed by atoms with Gasteiger partial charge in [0.15, 0.2) is 11.6 Å². The van der Waals surface area contributed by atoms with Gasteiger partial charge in [-0.3, -0.25) is 0 Å². The lowest BCUT2D eigenvalue weighted by atomic mass is 10.2. The van der Waals surface area contributed by atoms with E-state index in [-0.39, 0.29) is 0 Å². The maximum atomic E-state index is 13.1. The zero-order chi connectivity index (χ0) is 14.1. The van der Waals surface area contributed by atoms with Crippen molar-refractivity contribution in [2.24, 2.45) is 0 Å². The van der Waals surface area contributed by atoms with Crippen molar-refractivity contribution in [3.05, 3.63) is 59.4 Å². The maximum absolute atomic E-state index is 13.1. The molecule has 3 rings (SSSR count). The summed E-state index contributed by atoms with van der Waals surface area (Å²) in [6, 6.07) is 10.2. The molecule has 0 bridgehead atoms. The fraction of sp³-hybridized carbons (Fsp3) is 0.133. The van der Waals surface area contributed by atoms with Crippen LogP contribution in [0.1, 0.15) is 11.4 Å². The normalized spacial score (nSPS) is 10.9. The molecule has 0 unspecified atom stereocenters. The Kier molecular flexibility index (Phi) is 3.10. The first kappa shape index (κ1) is 12.6. The summed E-state index contributed by atoms with van der Waals surface area (Å²) in [4.78, 5) is 7.19. The second kappa shape index (κ2) is 4.92. The molecular formula is C15H13F2N3. The van der Waals surface area contributed by atoms with Crippen molar-refractivity contribution in [2.45, 2.75) is 13.5 Å². The van der Waals surface area contributed by atoms with E-state index in [9.17, 15) is 8.78 Å². The Morgan fingerprint density at radius 2 is 1.80 bits per heavy atom. The zero-order valence-corrected chi connectivity index (χ0v) is 10.9. The van der Waals surface area contributed by atoms with Crippen molar-refractivity contribution < 1.29 is 8.78 Å². The molecule has 0 aliphatic carbocycles. The van der Waals surface area contributed by atoms with E-state index in [1.807, 2.05) is 31.2 Å². The lowest BCUT2D eigenvalue weighted by Crippen LogP contribution is -2.00. The molecule has 0 aliphatic heterocycles. The second-order valence-electron chi connectivity index (χ2n) is 4.69. The van der Waals surface area contributed by atoms with Crippen molar-refractivity contribution >= 4 is 16.7 Å². The number of anilines is 1. The predicted molar refractivity (Wildman–Crippen MR) is 74.5 cm³/mol. The molecule has 20 heavy (non-hydrogen) atoms. The van der Waals surface area contributed by atoms with Crippen LogP contribution in [0.25, 0.3) is 11.0 Å². The Hall–Kier alpha value is -2.43. The Morgan fingerprint density at radius 1 is 1.10 bits per heavy atom. The Morgan fingerprint density at radius 3 is 2.55 bits per heavy atom. The summed E-state index contributed by atoms with van der Waals surface area (Å²) in [7, 11) is 0. The Bertz CT molecular complexity index is 709. The minimum atomic E-state index is -0.887. The topological polar surface area (TPSA) is 40.7 Å². The molecule has 102 valence electrons. The van der Waals surface area contributed by atoms with Crippen molar-refractivity contribution in [3.63, 3.8) is 0 Å². The van der Waals surface area contributed by atoms with Gasteiger partial charge in [-0.25, -0.2) is 13.8 Å². The number of nitrogens with one attached hydrogen (secondary N) is 2. The van der Waals surface area contributed by atoms with Crippen molar-refractivity contribution in [1.29, 1.82) is 0 Å². The summed E-state index contributed by atoms with van der Waals surface area (Å²) >= 11 is 0. The molecule has 2 aromatic carbocycles. The van der Waals surface area contributed by atoms with Gasteiger partial charge in [0.2, 0.25) is 0 Å². The average Bonchev–Trinajstić information content (AvgIpc) is 2.80. The minimum Gasteiger partial charge on any atom is -0.378 e. The van der Waals surface area contributed by atoms with Crippen molar-refractivity contribution in [1.82, 2.24) is 9.97 Å². The van der Waals surface area contributed by atoms with Gasteiger partial charge in [0, 0.05) is 17.8 Å². The lowest BCUT2D eigenvalue weighted by Gasteiger charge is -2.04. The second-order valence-corrected chi connectivity index (χ2v) is 4.69. The highest BCUT2D eigenvalue weighted by Gasteiger charge is 2.08. The van der Waals surface area contributed by atoms with E-state index in [0.717, 1.165) is 17.8 Å². The highest BCUT2D eigenvalue weighted by molar-refractivity contribution is 5.75. The fourth-order valence-electron chi connectivity index (χ4n) is 2.00. The van der Waals surface area contributed by atoms with Crippen LogP contribution in [0.15, 0.2) is 36.4 Å². The molecule has 5 heteroatoms. The molecule has 0 radical (unpaired) electrons. The summed E-state index contributed by atoms with van der Waals surface area (Å²) in [5, 5.41) is 3.20. The minimum absolute atomic E-state index is 0.421. The quantitative estimate of drug-likeness (QED) is 0.762. The largest absolute Gasteiger partial charge is 0.378 e. The number of imidazole rings is 1. The molecule has 1 aromatic heterocycles. The van der Waals surface area contributed by atoms with Crippen LogP contribution in [-0.4, -0.2) is 9.97 Å². The lowest BCUT2D eigenvalue weighted by molar-refractivity contribution is 0.510. The van der Waals surface area contributed by atoms with E-state index in [1.54, 1.807) is 0 Å². The Balaban J connectivity index is 1.79. The Labute approximate surface area is 114 Å². The maximum Gasteiger partial charge on any atom is 0.161 e. The summed E-state index contributed by atoms with van der Waals surface area (Å²) < 4.78 is 26.2. The van der Waals surface area contributed by atoms with Crippen LogP contribution < -0.4 is 5.32 Å². The summed E-state index contributed by atoms with van der Waals surface area (Å²) in [5.74, 6) is -1.13. The number of aromatic amines is 1. The standard InChI is InChI=1S/C15H13F2N3/c1-9-2-4-10(5-3-9)18-8-15-19-13-6-11(16)12(17)7-14(13)20-15/h2-7,18H,8H2,1H3,(H,19,20). The highest BCUT2D eigenvalue weighted by atomic mass is 19.2.